The van der Waals surface area contributed by atoms with Crippen molar-refractivity contribution in [1.29, 1.82) is 0 Å². The van der Waals surface area contributed by atoms with Crippen LogP contribution in [0.15, 0.2) is 48.5 Å². The predicted octanol–water partition coefficient (Wildman–Crippen LogP) is 3.95. The fourth-order valence-corrected chi connectivity index (χ4v) is 2.28. The van der Waals surface area contributed by atoms with Crippen molar-refractivity contribution in [3.8, 4) is 11.5 Å². The van der Waals surface area contributed by atoms with Crippen LogP contribution in [0.3, 0.4) is 0 Å². The van der Waals surface area contributed by atoms with Gasteiger partial charge in [0.2, 0.25) is 5.78 Å². The third kappa shape index (κ3) is 3.96. The van der Waals surface area contributed by atoms with E-state index in [2.05, 4.69) is 22.6 Å². The lowest BCUT2D eigenvalue weighted by Gasteiger charge is -2.10. The maximum atomic E-state index is 12.2. The van der Waals surface area contributed by atoms with Crippen LogP contribution < -0.4 is 9.47 Å². The first-order valence-corrected chi connectivity index (χ1v) is 7.42. The van der Waals surface area contributed by atoms with E-state index in [0.29, 0.717) is 23.7 Å². The standard InChI is InChI=1S/C16H15IO3/c1-2-19-16-9-4-3-8-14(16)15(18)11-20-13-7-5-6-12(17)10-13/h3-10H,2,11H2,1H3. The summed E-state index contributed by atoms with van der Waals surface area (Å²) in [7, 11) is 0. The Kier molecular flexibility index (Phi) is 5.40. The largest absolute Gasteiger partial charge is 0.493 e. The molecule has 0 fully saturated rings. The molecule has 104 valence electrons. The molecule has 0 radical (unpaired) electrons. The summed E-state index contributed by atoms with van der Waals surface area (Å²) in [6.07, 6.45) is 0. The van der Waals surface area contributed by atoms with Crippen molar-refractivity contribution in [1.82, 2.24) is 0 Å². The highest BCUT2D eigenvalue weighted by Gasteiger charge is 2.12. The molecular formula is C16H15IO3. The van der Waals surface area contributed by atoms with Crippen LogP contribution >= 0.6 is 22.6 Å². The summed E-state index contributed by atoms with van der Waals surface area (Å²) in [5, 5.41) is 0. The Labute approximate surface area is 132 Å². The molecule has 4 heteroatoms. The van der Waals surface area contributed by atoms with Gasteiger partial charge in [0, 0.05) is 3.57 Å². The molecule has 2 rings (SSSR count). The summed E-state index contributed by atoms with van der Waals surface area (Å²) in [5.41, 5.74) is 0.556. The zero-order valence-corrected chi connectivity index (χ0v) is 13.3. The number of carbonyl (C=O) groups is 1. The maximum absolute atomic E-state index is 12.2. The van der Waals surface area contributed by atoms with Gasteiger partial charge in [0.25, 0.3) is 0 Å². The molecule has 0 amide bonds. The van der Waals surface area contributed by atoms with E-state index < -0.39 is 0 Å². The van der Waals surface area contributed by atoms with Gasteiger partial charge in [-0.25, -0.2) is 0 Å². The molecule has 3 nitrogen and oxygen atoms in total. The Hall–Kier alpha value is -1.56. The second-order valence-electron chi connectivity index (χ2n) is 4.10. The molecule has 0 aromatic heterocycles. The average Bonchev–Trinajstić information content (AvgIpc) is 2.46. The van der Waals surface area contributed by atoms with Gasteiger partial charge in [0.15, 0.2) is 6.61 Å². The van der Waals surface area contributed by atoms with Crippen molar-refractivity contribution in [2.75, 3.05) is 13.2 Å². The smallest absolute Gasteiger partial charge is 0.203 e. The number of hydrogen-bond donors (Lipinski definition) is 0. The van der Waals surface area contributed by atoms with Gasteiger partial charge in [0.1, 0.15) is 11.5 Å². The van der Waals surface area contributed by atoms with Gasteiger partial charge in [-0.3, -0.25) is 4.79 Å². The number of carbonyl (C=O) groups excluding carboxylic acids is 1. The van der Waals surface area contributed by atoms with E-state index >= 15 is 0 Å². The van der Waals surface area contributed by atoms with Crippen LogP contribution in [0.25, 0.3) is 0 Å². The van der Waals surface area contributed by atoms with Crippen molar-refractivity contribution in [3.63, 3.8) is 0 Å². The lowest BCUT2D eigenvalue weighted by Crippen LogP contribution is -2.13. The molecule has 0 spiro atoms. The Morgan fingerprint density at radius 3 is 2.65 bits per heavy atom. The van der Waals surface area contributed by atoms with E-state index in [1.165, 1.54) is 0 Å². The Balaban J connectivity index is 2.05. The number of ether oxygens (including phenoxy) is 2. The van der Waals surface area contributed by atoms with Gasteiger partial charge < -0.3 is 9.47 Å². The van der Waals surface area contributed by atoms with E-state index in [4.69, 9.17) is 9.47 Å². The van der Waals surface area contributed by atoms with Crippen LogP contribution in [0.5, 0.6) is 11.5 Å². The van der Waals surface area contributed by atoms with Crippen LogP contribution in [-0.4, -0.2) is 19.0 Å². The molecule has 0 atom stereocenters. The highest BCUT2D eigenvalue weighted by atomic mass is 127. The van der Waals surface area contributed by atoms with Crippen molar-refractivity contribution in [2.45, 2.75) is 6.92 Å². The fraction of sp³-hybridized carbons (Fsp3) is 0.188. The molecule has 0 aliphatic heterocycles. The van der Waals surface area contributed by atoms with Crippen molar-refractivity contribution >= 4 is 28.4 Å². The lowest BCUT2D eigenvalue weighted by molar-refractivity contribution is 0.0917. The number of para-hydroxylation sites is 1. The molecule has 0 aliphatic rings. The van der Waals surface area contributed by atoms with Crippen molar-refractivity contribution < 1.29 is 14.3 Å². The number of halogens is 1. The summed E-state index contributed by atoms with van der Waals surface area (Å²) in [5.74, 6) is 1.21. The first kappa shape index (κ1) is 14.8. The van der Waals surface area contributed by atoms with E-state index in [9.17, 15) is 4.79 Å². The normalized spacial score (nSPS) is 10.1. The molecule has 0 aliphatic carbocycles. The summed E-state index contributed by atoms with van der Waals surface area (Å²) in [6.45, 7) is 2.43. The van der Waals surface area contributed by atoms with Gasteiger partial charge in [-0.15, -0.1) is 0 Å². The first-order valence-electron chi connectivity index (χ1n) is 6.34. The molecule has 0 N–H and O–H groups in total. The van der Waals surface area contributed by atoms with Gasteiger partial charge in [-0.1, -0.05) is 18.2 Å². The second kappa shape index (κ2) is 7.28. The summed E-state index contributed by atoms with van der Waals surface area (Å²) < 4.78 is 12.0. The minimum Gasteiger partial charge on any atom is -0.493 e. The van der Waals surface area contributed by atoms with E-state index in [-0.39, 0.29) is 12.4 Å². The molecule has 0 saturated carbocycles. The van der Waals surface area contributed by atoms with Gasteiger partial charge in [-0.2, -0.15) is 0 Å². The Bertz CT molecular complexity index is 596. The molecule has 0 unspecified atom stereocenters. The molecular weight excluding hydrogens is 367 g/mol. The lowest BCUT2D eigenvalue weighted by atomic mass is 10.1. The quantitative estimate of drug-likeness (QED) is 0.561. The minimum atomic E-state index is -0.0899. The summed E-state index contributed by atoms with van der Waals surface area (Å²) >= 11 is 2.21. The second-order valence-corrected chi connectivity index (χ2v) is 5.34. The minimum absolute atomic E-state index is 0.00415. The highest BCUT2D eigenvalue weighted by Crippen LogP contribution is 2.20. The average molecular weight is 382 g/mol. The van der Waals surface area contributed by atoms with Gasteiger partial charge >= 0.3 is 0 Å². The Morgan fingerprint density at radius 1 is 1.10 bits per heavy atom. The van der Waals surface area contributed by atoms with Crippen LogP contribution in [0, 0.1) is 3.57 Å². The molecule has 0 heterocycles. The Morgan fingerprint density at radius 2 is 1.90 bits per heavy atom. The van der Waals surface area contributed by atoms with Gasteiger partial charge in [-0.05, 0) is 59.8 Å². The third-order valence-corrected chi connectivity index (χ3v) is 3.32. The monoisotopic (exact) mass is 382 g/mol. The summed E-state index contributed by atoms with van der Waals surface area (Å²) in [6, 6.07) is 14.8. The van der Waals surface area contributed by atoms with Crippen LogP contribution in [0.1, 0.15) is 17.3 Å². The maximum Gasteiger partial charge on any atom is 0.203 e. The SMILES string of the molecule is CCOc1ccccc1C(=O)COc1cccc(I)c1. The summed E-state index contributed by atoms with van der Waals surface area (Å²) in [4.78, 5) is 12.2. The topological polar surface area (TPSA) is 35.5 Å². The fourth-order valence-electron chi connectivity index (χ4n) is 1.76. The number of hydrogen-bond acceptors (Lipinski definition) is 3. The molecule has 0 bridgehead atoms. The number of ketones is 1. The zero-order chi connectivity index (χ0) is 14.4. The highest BCUT2D eigenvalue weighted by molar-refractivity contribution is 14.1. The third-order valence-electron chi connectivity index (χ3n) is 2.65. The first-order chi connectivity index (χ1) is 9.70. The molecule has 2 aromatic rings. The molecule has 0 saturated heterocycles. The predicted molar refractivity (Wildman–Crippen MR) is 86.6 cm³/mol. The van der Waals surface area contributed by atoms with Crippen molar-refractivity contribution in [2.24, 2.45) is 0 Å². The zero-order valence-electron chi connectivity index (χ0n) is 11.1. The van der Waals surface area contributed by atoms with E-state index in [1.54, 1.807) is 12.1 Å². The number of Topliss-reactive ketones (excluding diaryl/α,β-unsaturated/α-hetero) is 1. The molecule has 20 heavy (non-hydrogen) atoms. The van der Waals surface area contributed by atoms with Crippen LogP contribution in [0.4, 0.5) is 0 Å². The van der Waals surface area contributed by atoms with Crippen molar-refractivity contribution in [3.05, 3.63) is 57.7 Å². The van der Waals surface area contributed by atoms with Crippen LogP contribution in [-0.2, 0) is 0 Å². The molecule has 2 aromatic carbocycles. The van der Waals surface area contributed by atoms with Gasteiger partial charge in [0.05, 0.1) is 12.2 Å². The van der Waals surface area contributed by atoms with E-state index in [1.807, 2.05) is 43.3 Å². The number of rotatable bonds is 6. The van der Waals surface area contributed by atoms with Crippen LogP contribution in [0.2, 0.25) is 0 Å². The van der Waals surface area contributed by atoms with E-state index in [0.717, 1.165) is 3.57 Å². The number of benzene rings is 2.